The van der Waals surface area contributed by atoms with Gasteiger partial charge in [-0.25, -0.2) is 13.4 Å². The number of methoxy groups -OCH3 is 1. The van der Waals surface area contributed by atoms with E-state index in [1.54, 1.807) is 51.4 Å². The number of sulfonamides is 1. The molecule has 0 saturated heterocycles. The van der Waals surface area contributed by atoms with Gasteiger partial charge in [0.05, 0.1) is 12.0 Å². The van der Waals surface area contributed by atoms with E-state index in [9.17, 15) is 8.42 Å². The predicted molar refractivity (Wildman–Crippen MR) is 77.5 cm³/mol. The summed E-state index contributed by atoms with van der Waals surface area (Å²) in [5.41, 5.74) is 1.38. The number of aromatic nitrogens is 1. The minimum Gasteiger partial charge on any atom is -0.497 e. The van der Waals surface area contributed by atoms with Gasteiger partial charge in [-0.1, -0.05) is 6.07 Å². The van der Waals surface area contributed by atoms with Gasteiger partial charge in [0, 0.05) is 6.20 Å². The highest BCUT2D eigenvalue weighted by atomic mass is 32.2. The first-order chi connectivity index (χ1) is 9.44. The van der Waals surface area contributed by atoms with E-state index in [1.165, 1.54) is 6.07 Å². The largest absolute Gasteiger partial charge is 0.497 e. The third-order valence-corrected chi connectivity index (χ3v) is 4.41. The smallest absolute Gasteiger partial charge is 0.263 e. The van der Waals surface area contributed by atoms with Crippen LogP contribution >= 0.6 is 0 Å². The first kappa shape index (κ1) is 14.3. The van der Waals surface area contributed by atoms with Crippen molar-refractivity contribution in [2.45, 2.75) is 18.7 Å². The molecule has 20 heavy (non-hydrogen) atoms. The fourth-order valence-corrected chi connectivity index (χ4v) is 3.13. The van der Waals surface area contributed by atoms with Gasteiger partial charge in [0.25, 0.3) is 10.0 Å². The molecule has 0 saturated carbocycles. The summed E-state index contributed by atoms with van der Waals surface area (Å²) in [6, 6.07) is 8.37. The second-order valence-corrected chi connectivity index (χ2v) is 6.06. The molecule has 1 aromatic carbocycles. The van der Waals surface area contributed by atoms with Gasteiger partial charge in [-0.15, -0.1) is 0 Å². The maximum Gasteiger partial charge on any atom is 0.263 e. The number of rotatable bonds is 4. The minimum atomic E-state index is -3.66. The van der Waals surface area contributed by atoms with E-state index < -0.39 is 10.0 Å². The molecule has 0 spiro atoms. The molecule has 0 unspecified atom stereocenters. The summed E-state index contributed by atoms with van der Waals surface area (Å²) >= 11 is 0. The molecule has 0 aliphatic carbocycles. The van der Waals surface area contributed by atoms with E-state index in [-0.39, 0.29) is 4.90 Å². The molecule has 0 aliphatic rings. The van der Waals surface area contributed by atoms with E-state index in [4.69, 9.17) is 4.74 Å². The quantitative estimate of drug-likeness (QED) is 0.940. The summed E-state index contributed by atoms with van der Waals surface area (Å²) in [6.45, 7) is 3.52. The monoisotopic (exact) mass is 292 g/mol. The van der Waals surface area contributed by atoms with Gasteiger partial charge < -0.3 is 4.74 Å². The molecule has 1 aromatic heterocycles. The zero-order valence-corrected chi connectivity index (χ0v) is 12.4. The third-order valence-electron chi connectivity index (χ3n) is 2.91. The van der Waals surface area contributed by atoms with Crippen molar-refractivity contribution in [1.82, 2.24) is 4.98 Å². The Labute approximate surface area is 118 Å². The molecule has 1 heterocycles. The minimum absolute atomic E-state index is 0.211. The first-order valence-electron chi connectivity index (χ1n) is 6.03. The zero-order chi connectivity index (χ0) is 14.8. The van der Waals surface area contributed by atoms with Crippen molar-refractivity contribution in [3.63, 3.8) is 0 Å². The van der Waals surface area contributed by atoms with Gasteiger partial charge in [0.15, 0.2) is 0 Å². The molecule has 0 aliphatic heterocycles. The van der Waals surface area contributed by atoms with Crippen molar-refractivity contribution < 1.29 is 13.2 Å². The number of hydrogen-bond donors (Lipinski definition) is 1. The number of nitrogens with one attached hydrogen (secondary N) is 1. The van der Waals surface area contributed by atoms with Crippen LogP contribution in [0.2, 0.25) is 0 Å². The molecule has 0 atom stereocenters. The van der Waals surface area contributed by atoms with Crippen LogP contribution in [0.25, 0.3) is 0 Å². The summed E-state index contributed by atoms with van der Waals surface area (Å²) in [4.78, 5) is 4.25. The second kappa shape index (κ2) is 5.50. The highest BCUT2D eigenvalue weighted by molar-refractivity contribution is 7.92. The Morgan fingerprint density at radius 3 is 2.50 bits per heavy atom. The van der Waals surface area contributed by atoms with Crippen LogP contribution in [-0.4, -0.2) is 20.5 Å². The van der Waals surface area contributed by atoms with Crippen LogP contribution in [0, 0.1) is 13.8 Å². The molecule has 6 heteroatoms. The molecule has 0 amide bonds. The lowest BCUT2D eigenvalue weighted by Gasteiger charge is -2.12. The Hall–Kier alpha value is -2.08. The molecule has 0 radical (unpaired) electrons. The van der Waals surface area contributed by atoms with Crippen LogP contribution in [0.5, 0.6) is 5.75 Å². The lowest BCUT2D eigenvalue weighted by Crippen LogP contribution is -2.16. The standard InChI is InChI=1S/C14H16N2O3S/c1-10-5-4-8-15-14(10)16-20(17,18)13-7-6-12(19-3)9-11(13)2/h4-9H,1-3H3,(H,15,16). The molecule has 1 N–H and O–H groups in total. The van der Waals surface area contributed by atoms with E-state index in [0.717, 1.165) is 5.56 Å². The molecular formula is C14H16N2O3S. The van der Waals surface area contributed by atoms with Gasteiger partial charge >= 0.3 is 0 Å². The predicted octanol–water partition coefficient (Wildman–Crippen LogP) is 2.51. The van der Waals surface area contributed by atoms with Crippen molar-refractivity contribution >= 4 is 15.8 Å². The van der Waals surface area contributed by atoms with Gasteiger partial charge in [0.1, 0.15) is 11.6 Å². The third kappa shape index (κ3) is 2.91. The summed E-state index contributed by atoms with van der Waals surface area (Å²) in [5, 5.41) is 0. The van der Waals surface area contributed by atoms with Crippen molar-refractivity contribution in [3.05, 3.63) is 47.7 Å². The van der Waals surface area contributed by atoms with E-state index in [1.807, 2.05) is 0 Å². The lowest BCUT2D eigenvalue weighted by molar-refractivity contribution is 0.414. The number of hydrogen-bond acceptors (Lipinski definition) is 4. The van der Waals surface area contributed by atoms with Crippen LogP contribution in [0.15, 0.2) is 41.4 Å². The summed E-state index contributed by atoms with van der Waals surface area (Å²) in [7, 11) is -2.12. The van der Waals surface area contributed by atoms with Crippen LogP contribution < -0.4 is 9.46 Å². The van der Waals surface area contributed by atoms with Crippen LogP contribution in [0.3, 0.4) is 0 Å². The molecule has 0 fully saturated rings. The highest BCUT2D eigenvalue weighted by Crippen LogP contribution is 2.23. The number of ether oxygens (including phenoxy) is 1. The Morgan fingerprint density at radius 2 is 1.90 bits per heavy atom. The Bertz CT molecular complexity index is 727. The number of pyridine rings is 1. The maximum absolute atomic E-state index is 12.4. The van der Waals surface area contributed by atoms with Gasteiger partial charge in [0.2, 0.25) is 0 Å². The van der Waals surface area contributed by atoms with Crippen LogP contribution in [0.1, 0.15) is 11.1 Å². The molecular weight excluding hydrogens is 276 g/mol. The normalized spacial score (nSPS) is 11.2. The molecule has 2 aromatic rings. The van der Waals surface area contributed by atoms with E-state index in [2.05, 4.69) is 9.71 Å². The molecule has 5 nitrogen and oxygen atoms in total. The van der Waals surface area contributed by atoms with Crippen molar-refractivity contribution in [3.8, 4) is 5.75 Å². The Balaban J connectivity index is 2.39. The molecule has 106 valence electrons. The fourth-order valence-electron chi connectivity index (χ4n) is 1.83. The maximum atomic E-state index is 12.4. The van der Waals surface area contributed by atoms with E-state index in [0.29, 0.717) is 17.1 Å². The second-order valence-electron chi connectivity index (χ2n) is 4.41. The van der Waals surface area contributed by atoms with Crippen LogP contribution in [0.4, 0.5) is 5.82 Å². The fraction of sp³-hybridized carbons (Fsp3) is 0.214. The Kier molecular flexibility index (Phi) is 3.94. The summed E-state index contributed by atoms with van der Waals surface area (Å²) in [6.07, 6.45) is 1.55. The average Bonchev–Trinajstić information content (AvgIpc) is 2.40. The Morgan fingerprint density at radius 1 is 1.15 bits per heavy atom. The van der Waals surface area contributed by atoms with Crippen LogP contribution in [-0.2, 0) is 10.0 Å². The van der Waals surface area contributed by atoms with Gasteiger partial charge in [-0.3, -0.25) is 4.72 Å². The van der Waals surface area contributed by atoms with Crippen molar-refractivity contribution in [2.75, 3.05) is 11.8 Å². The van der Waals surface area contributed by atoms with Gasteiger partial charge in [-0.05, 0) is 49.2 Å². The number of anilines is 1. The lowest BCUT2D eigenvalue weighted by atomic mass is 10.2. The zero-order valence-electron chi connectivity index (χ0n) is 11.5. The first-order valence-corrected chi connectivity index (χ1v) is 7.51. The average molecular weight is 292 g/mol. The van der Waals surface area contributed by atoms with E-state index >= 15 is 0 Å². The SMILES string of the molecule is COc1ccc(S(=O)(=O)Nc2ncccc2C)c(C)c1. The van der Waals surface area contributed by atoms with Crippen molar-refractivity contribution in [1.29, 1.82) is 0 Å². The number of benzene rings is 1. The van der Waals surface area contributed by atoms with Gasteiger partial charge in [-0.2, -0.15) is 0 Å². The summed E-state index contributed by atoms with van der Waals surface area (Å²) < 4.78 is 32.3. The highest BCUT2D eigenvalue weighted by Gasteiger charge is 2.18. The van der Waals surface area contributed by atoms with Crippen molar-refractivity contribution in [2.24, 2.45) is 0 Å². The number of aryl methyl sites for hydroxylation is 2. The topological polar surface area (TPSA) is 68.3 Å². The summed E-state index contributed by atoms with van der Waals surface area (Å²) in [5.74, 6) is 0.957. The number of nitrogens with zero attached hydrogens (tertiary/aromatic N) is 1. The molecule has 0 bridgehead atoms. The molecule has 2 rings (SSSR count).